The first kappa shape index (κ1) is 27.1. The van der Waals surface area contributed by atoms with Crippen molar-refractivity contribution in [2.24, 2.45) is 22.7 Å². The van der Waals surface area contributed by atoms with E-state index in [1.807, 2.05) is 12.1 Å². The van der Waals surface area contributed by atoms with Crippen LogP contribution in [0.3, 0.4) is 0 Å². The predicted octanol–water partition coefficient (Wildman–Crippen LogP) is 9.57. The summed E-state index contributed by atoms with van der Waals surface area (Å²) in [5, 5.41) is 9.62. The molecule has 1 nitrogen and oxygen atoms in total. The highest BCUT2D eigenvalue weighted by Crippen LogP contribution is 2.41. The fraction of sp³-hybridized carbons (Fsp3) is 0.793. The van der Waals surface area contributed by atoms with E-state index < -0.39 is 0 Å². The molecule has 0 fully saturated rings. The molecule has 0 aliphatic carbocycles. The molecule has 0 saturated heterocycles. The first-order valence-electron chi connectivity index (χ1n) is 12.8. The minimum atomic E-state index is 0.292. The zero-order chi connectivity index (χ0) is 22.6. The second-order valence-corrected chi connectivity index (χ2v) is 11.8. The predicted molar refractivity (Wildman–Crippen MR) is 134 cm³/mol. The van der Waals surface area contributed by atoms with Gasteiger partial charge >= 0.3 is 0 Å². The second-order valence-electron chi connectivity index (χ2n) is 11.8. The van der Waals surface area contributed by atoms with E-state index in [0.717, 1.165) is 12.3 Å². The molecule has 1 rings (SSSR count). The summed E-state index contributed by atoms with van der Waals surface area (Å²) in [6.07, 6.45) is 16.4. The normalized spacial score (nSPS) is 14.6. The van der Waals surface area contributed by atoms with Gasteiger partial charge in [0.25, 0.3) is 0 Å². The summed E-state index contributed by atoms with van der Waals surface area (Å²) in [6, 6.07) is 7.86. The summed E-state index contributed by atoms with van der Waals surface area (Å²) in [5.74, 6) is 1.79. The summed E-state index contributed by atoms with van der Waals surface area (Å²) >= 11 is 0. The van der Waals surface area contributed by atoms with Crippen LogP contribution in [-0.2, 0) is 6.42 Å². The highest BCUT2D eigenvalue weighted by molar-refractivity contribution is 5.26. The van der Waals surface area contributed by atoms with Gasteiger partial charge in [0.05, 0.1) is 0 Å². The van der Waals surface area contributed by atoms with Gasteiger partial charge in [0.15, 0.2) is 0 Å². The number of benzene rings is 1. The van der Waals surface area contributed by atoms with Gasteiger partial charge in [0.1, 0.15) is 5.75 Å². The average Bonchev–Trinajstić information content (AvgIpc) is 2.64. The second kappa shape index (κ2) is 13.4. The van der Waals surface area contributed by atoms with Crippen molar-refractivity contribution >= 4 is 0 Å². The van der Waals surface area contributed by atoms with Gasteiger partial charge in [0, 0.05) is 0 Å². The Hall–Kier alpha value is -0.980. The van der Waals surface area contributed by atoms with Gasteiger partial charge in [-0.15, -0.1) is 0 Å². The maximum atomic E-state index is 9.62. The number of unbranched alkanes of at least 4 members (excludes halogenated alkanes) is 8. The van der Waals surface area contributed by atoms with E-state index in [2.05, 4.69) is 60.6 Å². The number of hydrogen-bond donors (Lipinski definition) is 1. The Morgan fingerprint density at radius 1 is 0.667 bits per heavy atom. The Morgan fingerprint density at radius 3 is 1.60 bits per heavy atom. The number of aromatic hydroxyl groups is 1. The van der Waals surface area contributed by atoms with Gasteiger partial charge in [-0.2, -0.15) is 0 Å². The lowest BCUT2D eigenvalue weighted by atomic mass is 9.66. The monoisotopic (exact) mass is 416 g/mol. The smallest absolute Gasteiger partial charge is 0.115 e. The lowest BCUT2D eigenvalue weighted by Gasteiger charge is -2.39. The molecule has 0 amide bonds. The molecule has 1 N–H and O–H groups in total. The molecule has 0 spiro atoms. The molecule has 1 aromatic rings. The van der Waals surface area contributed by atoms with Crippen LogP contribution in [0, 0.1) is 22.7 Å². The van der Waals surface area contributed by atoms with E-state index in [9.17, 15) is 5.11 Å². The summed E-state index contributed by atoms with van der Waals surface area (Å²) < 4.78 is 0. The lowest BCUT2D eigenvalue weighted by Crippen LogP contribution is -2.30. The Labute approximate surface area is 189 Å². The Balaban J connectivity index is 2.55. The van der Waals surface area contributed by atoms with Crippen LogP contribution in [0.25, 0.3) is 0 Å². The van der Waals surface area contributed by atoms with Gasteiger partial charge in [-0.25, -0.2) is 0 Å². The number of hydrogen-bond acceptors (Lipinski definition) is 1. The first-order chi connectivity index (χ1) is 14.0. The van der Waals surface area contributed by atoms with Crippen molar-refractivity contribution in [1.29, 1.82) is 0 Å². The molecule has 1 heteroatoms. The van der Waals surface area contributed by atoms with Crippen molar-refractivity contribution < 1.29 is 5.11 Å². The average molecular weight is 417 g/mol. The van der Waals surface area contributed by atoms with Crippen molar-refractivity contribution in [1.82, 2.24) is 0 Å². The van der Waals surface area contributed by atoms with Gasteiger partial charge in [-0.3, -0.25) is 0 Å². The highest BCUT2D eigenvalue weighted by Gasteiger charge is 2.32. The van der Waals surface area contributed by atoms with Crippen LogP contribution in [0.15, 0.2) is 24.3 Å². The van der Waals surface area contributed by atoms with E-state index in [1.54, 1.807) is 0 Å². The van der Waals surface area contributed by atoms with E-state index >= 15 is 0 Å². The van der Waals surface area contributed by atoms with E-state index in [0.29, 0.717) is 22.5 Å². The van der Waals surface area contributed by atoms with Crippen LogP contribution in [0.5, 0.6) is 5.75 Å². The molecule has 0 heterocycles. The molecule has 2 atom stereocenters. The third-order valence-electron chi connectivity index (χ3n) is 7.09. The highest BCUT2D eigenvalue weighted by atomic mass is 16.3. The van der Waals surface area contributed by atoms with Crippen LogP contribution in [0.4, 0.5) is 0 Å². The minimum Gasteiger partial charge on any atom is -0.508 e. The van der Waals surface area contributed by atoms with Gasteiger partial charge in [-0.05, 0) is 59.6 Å². The van der Waals surface area contributed by atoms with Crippen molar-refractivity contribution in [3.05, 3.63) is 29.8 Å². The first-order valence-corrected chi connectivity index (χ1v) is 12.8. The van der Waals surface area contributed by atoms with Gasteiger partial charge < -0.3 is 5.11 Å². The summed E-state index contributed by atoms with van der Waals surface area (Å²) in [4.78, 5) is 0. The van der Waals surface area contributed by atoms with Crippen molar-refractivity contribution in [3.63, 3.8) is 0 Å². The zero-order valence-electron chi connectivity index (χ0n) is 21.4. The minimum absolute atomic E-state index is 0.292. The molecular formula is C29H52O. The SMILES string of the molecule is CCCCCCCCCCCC(CC(Cc1ccc(O)cc1)C(C)(C)C)C(C)(C)C. The number of phenols is 1. The largest absolute Gasteiger partial charge is 0.508 e. The molecule has 0 aliphatic heterocycles. The fourth-order valence-electron chi connectivity index (χ4n) is 4.61. The van der Waals surface area contributed by atoms with Crippen molar-refractivity contribution in [2.75, 3.05) is 0 Å². The van der Waals surface area contributed by atoms with Gasteiger partial charge in [-0.1, -0.05) is 118 Å². The van der Waals surface area contributed by atoms with E-state index in [4.69, 9.17) is 0 Å². The maximum absolute atomic E-state index is 9.62. The Bertz CT molecular complexity index is 543. The standard InChI is InChI=1S/C29H52O/c1-8-9-10-11-12-13-14-15-16-17-25(28(2,3)4)23-26(29(5,6)7)22-24-18-20-27(30)21-19-24/h18-21,25-26,30H,8-17,22-23H2,1-7H3. The van der Waals surface area contributed by atoms with Crippen LogP contribution in [-0.4, -0.2) is 5.11 Å². The van der Waals surface area contributed by atoms with E-state index in [-0.39, 0.29) is 0 Å². The zero-order valence-corrected chi connectivity index (χ0v) is 21.4. The number of rotatable bonds is 14. The molecule has 0 saturated carbocycles. The summed E-state index contributed by atoms with van der Waals surface area (Å²) in [6.45, 7) is 16.8. The molecule has 0 radical (unpaired) electrons. The molecule has 2 unspecified atom stereocenters. The van der Waals surface area contributed by atoms with Gasteiger partial charge in [0.2, 0.25) is 0 Å². The summed E-state index contributed by atoms with van der Waals surface area (Å²) in [7, 11) is 0. The topological polar surface area (TPSA) is 20.2 Å². The van der Waals surface area contributed by atoms with Crippen LogP contribution < -0.4 is 0 Å². The number of phenolic OH excluding ortho intramolecular Hbond substituents is 1. The maximum Gasteiger partial charge on any atom is 0.115 e. The van der Waals surface area contributed by atoms with Crippen molar-refractivity contribution in [2.45, 2.75) is 126 Å². The van der Waals surface area contributed by atoms with Crippen molar-refractivity contribution in [3.8, 4) is 5.75 Å². The summed E-state index contributed by atoms with van der Waals surface area (Å²) in [5.41, 5.74) is 2.00. The molecule has 0 aliphatic rings. The molecule has 0 bridgehead atoms. The van der Waals surface area contributed by atoms with Crippen LogP contribution >= 0.6 is 0 Å². The van der Waals surface area contributed by atoms with Crippen LogP contribution in [0.2, 0.25) is 0 Å². The molecular weight excluding hydrogens is 364 g/mol. The fourth-order valence-corrected chi connectivity index (χ4v) is 4.61. The molecule has 30 heavy (non-hydrogen) atoms. The Kier molecular flexibility index (Phi) is 12.1. The lowest BCUT2D eigenvalue weighted by molar-refractivity contribution is 0.123. The third kappa shape index (κ3) is 11.4. The molecule has 1 aromatic carbocycles. The molecule has 0 aromatic heterocycles. The van der Waals surface area contributed by atoms with Crippen LogP contribution in [0.1, 0.15) is 125 Å². The quantitative estimate of drug-likeness (QED) is 0.299. The Morgan fingerprint density at radius 2 is 1.13 bits per heavy atom. The molecule has 174 valence electrons. The third-order valence-corrected chi connectivity index (χ3v) is 7.09. The van der Waals surface area contributed by atoms with E-state index in [1.165, 1.54) is 76.2 Å².